The Morgan fingerprint density at radius 2 is 2.22 bits per heavy atom. The Morgan fingerprint density at radius 1 is 1.44 bits per heavy atom. The van der Waals surface area contributed by atoms with E-state index in [-0.39, 0.29) is 12.9 Å². The van der Waals surface area contributed by atoms with Crippen molar-refractivity contribution in [2.45, 2.75) is 6.42 Å². The molecule has 2 unspecified atom stereocenters. The molecule has 1 aliphatic heterocycles. The van der Waals surface area contributed by atoms with Gasteiger partial charge in [-0.15, -0.1) is 0 Å². The molecule has 0 bridgehead atoms. The summed E-state index contributed by atoms with van der Waals surface area (Å²) in [5.74, 6) is 2.01. The maximum Gasteiger partial charge on any atom is 0.412 e. The van der Waals surface area contributed by atoms with Gasteiger partial charge in [-0.2, -0.15) is 0 Å². The van der Waals surface area contributed by atoms with Crippen molar-refractivity contribution >= 4 is 22.0 Å². The van der Waals surface area contributed by atoms with Gasteiger partial charge in [0.25, 0.3) is 0 Å². The Bertz CT molecular complexity index is 441. The number of hydrogen-bond donors (Lipinski definition) is 0. The summed E-state index contributed by atoms with van der Waals surface area (Å²) in [4.78, 5) is 17.4. The average molecular weight is 313 g/mol. The minimum Gasteiger partial charge on any atom is -0.456 e. The smallest absolute Gasteiger partial charge is 0.412 e. The number of ether oxygens (including phenoxy) is 2. The first-order chi connectivity index (χ1) is 8.72. The van der Waals surface area contributed by atoms with Crippen LogP contribution in [0.4, 0.5) is 4.79 Å². The molecule has 1 aliphatic carbocycles. The van der Waals surface area contributed by atoms with Crippen LogP contribution in [-0.4, -0.2) is 35.9 Å². The fourth-order valence-electron chi connectivity index (χ4n) is 2.23. The highest BCUT2D eigenvalue weighted by Gasteiger charge is 2.47. The van der Waals surface area contributed by atoms with Crippen LogP contribution in [0.2, 0.25) is 0 Å². The largest absolute Gasteiger partial charge is 0.456 e. The van der Waals surface area contributed by atoms with Gasteiger partial charge in [0.05, 0.1) is 6.20 Å². The molecule has 1 saturated heterocycles. The molecule has 3 rings (SSSR count). The quantitative estimate of drug-likeness (QED) is 0.634. The Labute approximate surface area is 113 Å². The molecule has 0 spiro atoms. The van der Waals surface area contributed by atoms with Crippen molar-refractivity contribution in [1.82, 2.24) is 9.88 Å². The fourth-order valence-corrected chi connectivity index (χ4v) is 2.47. The minimum atomic E-state index is -0.285. The van der Waals surface area contributed by atoms with Gasteiger partial charge < -0.3 is 14.4 Å². The zero-order valence-corrected chi connectivity index (χ0v) is 11.3. The number of carbonyl (C=O) groups excluding carboxylic acids is 1. The second kappa shape index (κ2) is 4.76. The summed E-state index contributed by atoms with van der Waals surface area (Å²) in [6, 6.07) is 3.53. The Hall–Kier alpha value is -1.30. The number of aromatic nitrogens is 1. The van der Waals surface area contributed by atoms with Crippen molar-refractivity contribution in [2.75, 3.05) is 19.9 Å². The number of hydrogen-bond acceptors (Lipinski definition) is 4. The Kier molecular flexibility index (Phi) is 3.11. The van der Waals surface area contributed by atoms with E-state index in [2.05, 4.69) is 20.9 Å². The highest BCUT2D eigenvalue weighted by Crippen LogP contribution is 2.44. The summed E-state index contributed by atoms with van der Waals surface area (Å²) in [5, 5.41) is 0. The third-order valence-corrected chi connectivity index (χ3v) is 3.81. The third-order valence-electron chi connectivity index (χ3n) is 3.35. The van der Waals surface area contributed by atoms with Gasteiger partial charge in [-0.25, -0.2) is 9.78 Å². The number of carbonyl (C=O) groups is 1. The first-order valence-corrected chi connectivity index (χ1v) is 6.68. The van der Waals surface area contributed by atoms with Crippen LogP contribution in [0.1, 0.15) is 6.42 Å². The molecule has 1 amide bonds. The molecule has 1 aromatic rings. The summed E-state index contributed by atoms with van der Waals surface area (Å²) < 4.78 is 11.1. The molecule has 18 heavy (non-hydrogen) atoms. The highest BCUT2D eigenvalue weighted by molar-refractivity contribution is 9.10. The zero-order valence-electron chi connectivity index (χ0n) is 9.71. The lowest BCUT2D eigenvalue weighted by molar-refractivity contribution is 0.0370. The lowest BCUT2D eigenvalue weighted by Gasteiger charge is -2.17. The van der Waals surface area contributed by atoms with Crippen LogP contribution in [0, 0.1) is 11.8 Å². The summed E-state index contributed by atoms with van der Waals surface area (Å²) >= 11 is 3.23. The van der Waals surface area contributed by atoms with Crippen molar-refractivity contribution in [3.63, 3.8) is 0 Å². The van der Waals surface area contributed by atoms with Gasteiger partial charge in [0.15, 0.2) is 0 Å². The van der Waals surface area contributed by atoms with Gasteiger partial charge in [0.1, 0.15) is 10.4 Å². The molecular weight excluding hydrogens is 300 g/mol. The van der Waals surface area contributed by atoms with Crippen LogP contribution in [-0.2, 0) is 4.74 Å². The van der Waals surface area contributed by atoms with Gasteiger partial charge in [0.2, 0.25) is 6.79 Å². The van der Waals surface area contributed by atoms with Crippen molar-refractivity contribution in [2.24, 2.45) is 11.8 Å². The van der Waals surface area contributed by atoms with Crippen LogP contribution in [0.3, 0.4) is 0 Å². The van der Waals surface area contributed by atoms with E-state index in [4.69, 9.17) is 9.47 Å². The first kappa shape index (κ1) is 11.8. The standard InChI is InChI=1S/C12H13BrN2O3/c13-11-2-1-10(4-14-11)17-7-18-12(16)15-5-8-3-9(8)6-15/h1-2,4,8-9H,3,5-7H2. The van der Waals surface area contributed by atoms with Gasteiger partial charge in [-0.1, -0.05) is 0 Å². The maximum atomic E-state index is 11.7. The van der Waals surface area contributed by atoms with Crippen LogP contribution in [0.15, 0.2) is 22.9 Å². The number of likely N-dealkylation sites (tertiary alicyclic amines) is 1. The van der Waals surface area contributed by atoms with Crippen LogP contribution in [0.5, 0.6) is 5.75 Å². The van der Waals surface area contributed by atoms with Crippen molar-refractivity contribution < 1.29 is 14.3 Å². The second-order valence-corrected chi connectivity index (χ2v) is 5.46. The van der Waals surface area contributed by atoms with Gasteiger partial charge in [0, 0.05) is 13.1 Å². The van der Waals surface area contributed by atoms with Gasteiger partial charge in [-0.3, -0.25) is 0 Å². The third kappa shape index (κ3) is 2.58. The molecule has 2 aliphatic rings. The van der Waals surface area contributed by atoms with E-state index in [0.29, 0.717) is 17.6 Å². The molecule has 2 fully saturated rings. The summed E-state index contributed by atoms with van der Waals surface area (Å²) in [6.45, 7) is 1.60. The van der Waals surface area contributed by atoms with Crippen LogP contribution in [0.25, 0.3) is 0 Å². The number of halogens is 1. The molecule has 2 atom stereocenters. The van der Waals surface area contributed by atoms with E-state index in [1.807, 2.05) is 0 Å². The lowest BCUT2D eigenvalue weighted by Crippen LogP contribution is -2.31. The van der Waals surface area contributed by atoms with E-state index in [9.17, 15) is 4.79 Å². The Balaban J connectivity index is 1.41. The topological polar surface area (TPSA) is 51.7 Å². The molecule has 6 heteroatoms. The maximum absolute atomic E-state index is 11.7. The van der Waals surface area contributed by atoms with E-state index in [1.54, 1.807) is 23.2 Å². The highest BCUT2D eigenvalue weighted by atomic mass is 79.9. The zero-order chi connectivity index (χ0) is 12.5. The molecule has 96 valence electrons. The van der Waals surface area contributed by atoms with Crippen molar-refractivity contribution in [3.05, 3.63) is 22.9 Å². The monoisotopic (exact) mass is 312 g/mol. The summed E-state index contributed by atoms with van der Waals surface area (Å²) in [7, 11) is 0. The predicted octanol–water partition coefficient (Wildman–Crippen LogP) is 2.27. The number of amides is 1. The number of pyridine rings is 1. The average Bonchev–Trinajstić information content (AvgIpc) is 2.98. The van der Waals surface area contributed by atoms with Gasteiger partial charge >= 0.3 is 6.09 Å². The van der Waals surface area contributed by atoms with E-state index in [0.717, 1.165) is 17.7 Å². The first-order valence-electron chi connectivity index (χ1n) is 5.88. The normalized spacial score (nSPS) is 24.6. The summed E-state index contributed by atoms with van der Waals surface area (Å²) in [6.07, 6.45) is 2.56. The minimum absolute atomic E-state index is 0.0754. The number of rotatable bonds is 3. The molecule has 1 aromatic heterocycles. The molecule has 0 radical (unpaired) electrons. The van der Waals surface area contributed by atoms with E-state index >= 15 is 0 Å². The summed E-state index contributed by atoms with van der Waals surface area (Å²) in [5.41, 5.74) is 0. The molecule has 2 heterocycles. The van der Waals surface area contributed by atoms with E-state index < -0.39 is 0 Å². The number of nitrogens with zero attached hydrogens (tertiary/aromatic N) is 2. The second-order valence-electron chi connectivity index (χ2n) is 4.65. The Morgan fingerprint density at radius 3 is 2.89 bits per heavy atom. The predicted molar refractivity (Wildman–Crippen MR) is 67.1 cm³/mol. The number of piperidine rings is 1. The van der Waals surface area contributed by atoms with Gasteiger partial charge in [-0.05, 0) is 46.3 Å². The molecule has 5 nitrogen and oxygen atoms in total. The number of fused-ring (bicyclic) bond motifs is 1. The van der Waals surface area contributed by atoms with E-state index in [1.165, 1.54) is 6.42 Å². The lowest BCUT2D eigenvalue weighted by atomic mass is 10.4. The van der Waals surface area contributed by atoms with Crippen LogP contribution >= 0.6 is 15.9 Å². The molecule has 0 aromatic carbocycles. The molecule has 1 saturated carbocycles. The SMILES string of the molecule is O=C(OCOc1ccc(Br)nc1)N1CC2CC2C1. The molecule has 0 N–H and O–H groups in total. The fraction of sp³-hybridized carbons (Fsp3) is 0.500. The van der Waals surface area contributed by atoms with Crippen molar-refractivity contribution in [3.8, 4) is 5.75 Å². The van der Waals surface area contributed by atoms with Crippen molar-refractivity contribution in [1.29, 1.82) is 0 Å². The van der Waals surface area contributed by atoms with Crippen LogP contribution < -0.4 is 4.74 Å². The molecular formula is C12H13BrN2O3.